The minimum atomic E-state index is -3.17. The monoisotopic (exact) mass is 250 g/mol. The van der Waals surface area contributed by atoms with Crippen LogP contribution in [0.5, 0.6) is 0 Å². The normalized spacial score (nSPS) is 10.5. The van der Waals surface area contributed by atoms with Crippen LogP contribution >= 0.6 is 0 Å². The van der Waals surface area contributed by atoms with Gasteiger partial charge in [-0.3, -0.25) is 0 Å². The van der Waals surface area contributed by atoms with Crippen molar-refractivity contribution in [2.75, 3.05) is 0 Å². The fraction of sp³-hybridized carbons (Fsp3) is 0.111. The first-order valence-corrected chi connectivity index (χ1v) is 6.81. The molecule has 86 valence electrons. The maximum absolute atomic E-state index is 10.5. The van der Waals surface area contributed by atoms with Gasteiger partial charge in [-0.15, -0.1) is 0 Å². The van der Waals surface area contributed by atoms with Crippen LogP contribution in [0.3, 0.4) is 0 Å². The van der Waals surface area contributed by atoms with Crippen molar-refractivity contribution in [3.8, 4) is 0 Å². The summed E-state index contributed by atoms with van der Waals surface area (Å²) in [6.45, 7) is 13.9. The SMILES string of the molecule is C=CS(=O)(=O)C(=C)C.C=CS(=O)(=O)C=C. The van der Waals surface area contributed by atoms with Crippen LogP contribution in [-0.4, -0.2) is 16.8 Å². The van der Waals surface area contributed by atoms with E-state index in [0.717, 1.165) is 16.2 Å². The molecule has 0 saturated carbocycles. The molecule has 0 aromatic heterocycles. The molecule has 0 saturated heterocycles. The van der Waals surface area contributed by atoms with E-state index in [0.29, 0.717) is 0 Å². The molecule has 0 radical (unpaired) electrons. The molecule has 0 amide bonds. The molecule has 0 N–H and O–H groups in total. The number of hydrogen-bond acceptors (Lipinski definition) is 4. The average molecular weight is 250 g/mol. The maximum atomic E-state index is 10.5. The van der Waals surface area contributed by atoms with Crippen molar-refractivity contribution in [1.82, 2.24) is 0 Å². The van der Waals surface area contributed by atoms with E-state index in [1.54, 1.807) is 0 Å². The van der Waals surface area contributed by atoms with E-state index in [1.165, 1.54) is 6.92 Å². The van der Waals surface area contributed by atoms with Crippen LogP contribution < -0.4 is 0 Å². The summed E-state index contributed by atoms with van der Waals surface area (Å²) < 4.78 is 41.2. The molecular formula is C9H14O4S2. The second-order valence-electron chi connectivity index (χ2n) is 2.34. The lowest BCUT2D eigenvalue weighted by molar-refractivity contribution is 0.609. The molecule has 0 aliphatic heterocycles. The van der Waals surface area contributed by atoms with Crippen LogP contribution in [-0.2, 0) is 19.7 Å². The Kier molecular flexibility index (Phi) is 6.91. The second kappa shape index (κ2) is 6.36. The summed E-state index contributed by atoms with van der Waals surface area (Å²) in [5.41, 5.74) is 0. The summed E-state index contributed by atoms with van der Waals surface area (Å²) in [5, 5.41) is 2.58. The molecule has 15 heavy (non-hydrogen) atoms. The van der Waals surface area contributed by atoms with E-state index in [1.807, 2.05) is 0 Å². The average Bonchev–Trinajstić information content (AvgIpc) is 2.18. The van der Waals surface area contributed by atoms with Crippen molar-refractivity contribution < 1.29 is 16.8 Å². The summed E-state index contributed by atoms with van der Waals surface area (Å²) in [7, 11) is -6.30. The van der Waals surface area contributed by atoms with Gasteiger partial charge in [-0.05, 0) is 6.92 Å². The van der Waals surface area contributed by atoms with Crippen LogP contribution in [0.2, 0.25) is 0 Å². The van der Waals surface area contributed by atoms with E-state index < -0.39 is 19.7 Å². The molecule has 0 heterocycles. The summed E-state index contributed by atoms with van der Waals surface area (Å²) in [5.74, 6) is 0. The molecule has 0 aromatic rings. The van der Waals surface area contributed by atoms with Gasteiger partial charge in [0, 0.05) is 21.1 Å². The molecule has 0 aromatic carbocycles. The van der Waals surface area contributed by atoms with Crippen molar-refractivity contribution >= 4 is 19.7 Å². The van der Waals surface area contributed by atoms with Crippen molar-refractivity contribution in [2.24, 2.45) is 0 Å². The Bertz CT molecular complexity index is 438. The first kappa shape index (κ1) is 16.3. The topological polar surface area (TPSA) is 68.3 Å². The minimum absolute atomic E-state index is 0.132. The molecule has 4 nitrogen and oxygen atoms in total. The van der Waals surface area contributed by atoms with Crippen LogP contribution in [0.15, 0.2) is 47.4 Å². The molecule has 0 fully saturated rings. The van der Waals surface area contributed by atoms with E-state index in [-0.39, 0.29) is 4.91 Å². The first-order chi connectivity index (χ1) is 6.63. The highest BCUT2D eigenvalue weighted by Gasteiger charge is 2.02. The third-order valence-corrected chi connectivity index (χ3v) is 3.51. The van der Waals surface area contributed by atoms with E-state index in [4.69, 9.17) is 0 Å². The molecule has 0 unspecified atom stereocenters. The van der Waals surface area contributed by atoms with Gasteiger partial charge in [0.25, 0.3) is 0 Å². The Hall–Kier alpha value is -1.14. The van der Waals surface area contributed by atoms with Gasteiger partial charge >= 0.3 is 0 Å². The molecule has 0 atom stereocenters. The lowest BCUT2D eigenvalue weighted by Crippen LogP contribution is -1.92. The predicted molar refractivity (Wildman–Crippen MR) is 63.2 cm³/mol. The standard InChI is InChI=1S/C5H8O2S.C4H6O2S/c1-4-8(6,7)5(2)3;1-3-7(5,6)4-2/h4H,1-2H2,3H3;3-4H,1-2H2. The van der Waals surface area contributed by atoms with Gasteiger partial charge in [-0.2, -0.15) is 0 Å². The van der Waals surface area contributed by atoms with Gasteiger partial charge < -0.3 is 0 Å². The number of hydrogen-bond donors (Lipinski definition) is 0. The summed E-state index contributed by atoms with van der Waals surface area (Å²) in [6.07, 6.45) is 0. The Morgan fingerprint density at radius 1 is 0.933 bits per heavy atom. The third kappa shape index (κ3) is 7.90. The third-order valence-electron chi connectivity index (χ3n) is 1.17. The van der Waals surface area contributed by atoms with Gasteiger partial charge in [0.05, 0.1) is 0 Å². The Balaban J connectivity index is 0. The zero-order chi connectivity index (χ0) is 12.7. The van der Waals surface area contributed by atoms with Crippen molar-refractivity contribution in [2.45, 2.75) is 6.92 Å². The number of allylic oxidation sites excluding steroid dienone is 1. The lowest BCUT2D eigenvalue weighted by atomic mass is 10.8. The van der Waals surface area contributed by atoms with Gasteiger partial charge in [0.2, 0.25) is 0 Å². The summed E-state index contributed by atoms with van der Waals surface area (Å²) in [6, 6.07) is 0. The molecule has 0 bridgehead atoms. The highest BCUT2D eigenvalue weighted by atomic mass is 32.2. The van der Waals surface area contributed by atoms with E-state index in [2.05, 4.69) is 26.3 Å². The highest BCUT2D eigenvalue weighted by molar-refractivity contribution is 7.98. The zero-order valence-corrected chi connectivity index (χ0v) is 10.1. The minimum Gasteiger partial charge on any atom is -0.220 e. The van der Waals surface area contributed by atoms with E-state index >= 15 is 0 Å². The first-order valence-electron chi connectivity index (χ1n) is 3.66. The second-order valence-corrected chi connectivity index (χ2v) is 6.30. The Labute approximate surface area is 91.2 Å². The fourth-order valence-electron chi connectivity index (χ4n) is 0.210. The molecule has 0 spiro atoms. The molecule has 0 aliphatic rings. The van der Waals surface area contributed by atoms with Crippen LogP contribution in [0.4, 0.5) is 0 Å². The van der Waals surface area contributed by atoms with E-state index in [9.17, 15) is 16.8 Å². The van der Waals surface area contributed by atoms with Crippen molar-refractivity contribution in [3.63, 3.8) is 0 Å². The largest absolute Gasteiger partial charge is 0.220 e. The summed E-state index contributed by atoms with van der Waals surface area (Å²) in [4.78, 5) is 0.132. The molecule has 6 heteroatoms. The zero-order valence-electron chi connectivity index (χ0n) is 8.51. The quantitative estimate of drug-likeness (QED) is 0.762. The van der Waals surface area contributed by atoms with Gasteiger partial charge in [-0.1, -0.05) is 26.3 Å². The smallest absolute Gasteiger partial charge is 0.194 e. The van der Waals surface area contributed by atoms with Crippen LogP contribution in [0, 0.1) is 0 Å². The van der Waals surface area contributed by atoms with Gasteiger partial charge in [0.1, 0.15) is 0 Å². The highest BCUT2D eigenvalue weighted by Crippen LogP contribution is 2.01. The van der Waals surface area contributed by atoms with Crippen LogP contribution in [0.1, 0.15) is 6.92 Å². The van der Waals surface area contributed by atoms with Crippen LogP contribution in [0.25, 0.3) is 0 Å². The predicted octanol–water partition coefficient (Wildman–Crippen LogP) is 1.77. The Morgan fingerprint density at radius 2 is 1.27 bits per heavy atom. The molecule has 0 rings (SSSR count). The van der Waals surface area contributed by atoms with Gasteiger partial charge in [0.15, 0.2) is 19.7 Å². The summed E-state index contributed by atoms with van der Waals surface area (Å²) >= 11 is 0. The van der Waals surface area contributed by atoms with Crippen molar-refractivity contribution in [1.29, 1.82) is 0 Å². The molecule has 0 aliphatic carbocycles. The number of sulfone groups is 2. The fourth-order valence-corrected chi connectivity index (χ4v) is 0.631. The maximum Gasteiger partial charge on any atom is 0.194 e. The van der Waals surface area contributed by atoms with Crippen molar-refractivity contribution in [3.05, 3.63) is 47.4 Å². The molecular weight excluding hydrogens is 236 g/mol. The number of rotatable bonds is 4. The van der Waals surface area contributed by atoms with Gasteiger partial charge in [-0.25, -0.2) is 16.8 Å². The lowest BCUT2D eigenvalue weighted by Gasteiger charge is -1.90. The Morgan fingerprint density at radius 3 is 1.27 bits per heavy atom.